The maximum absolute atomic E-state index is 13.7. The molecule has 0 aliphatic heterocycles. The van der Waals surface area contributed by atoms with E-state index in [1.807, 2.05) is 16.0 Å². The summed E-state index contributed by atoms with van der Waals surface area (Å²) in [4.78, 5) is 165. The zero-order valence-corrected chi connectivity index (χ0v) is 38.9. The zero-order chi connectivity index (χ0) is 54.5. The summed E-state index contributed by atoms with van der Waals surface area (Å²) in [7, 11) is 0. The first-order valence-electron chi connectivity index (χ1n) is 21.3. The first-order valence-corrected chi connectivity index (χ1v) is 22.0. The summed E-state index contributed by atoms with van der Waals surface area (Å²) >= 11 is 3.78. The number of benzene rings is 1. The van der Waals surface area contributed by atoms with Crippen molar-refractivity contribution < 1.29 is 78.3 Å². The summed E-state index contributed by atoms with van der Waals surface area (Å²) in [5, 5.41) is 72.8. The topological polar surface area (TPSA) is 533 Å². The highest BCUT2D eigenvalue weighted by Crippen LogP contribution is 2.13. The number of carboxylic acids is 5. The molecule has 19 N–H and O–H groups in total. The van der Waals surface area contributed by atoms with Gasteiger partial charge in [0.15, 0.2) is 17.1 Å². The number of hydrogen-bond donors (Lipinski definition) is 18. The maximum Gasteiger partial charge on any atom is 0.327 e. The Morgan fingerprint density at radius 3 is 1.68 bits per heavy atom. The number of H-pyrrole nitrogens is 1. The van der Waals surface area contributed by atoms with E-state index in [0.29, 0.717) is 11.4 Å². The average molecular weight is 1050 g/mol. The second-order valence-electron chi connectivity index (χ2n) is 15.5. The third-order valence-electron chi connectivity index (χ3n) is 9.84. The van der Waals surface area contributed by atoms with E-state index < -0.39 is 157 Å². The van der Waals surface area contributed by atoms with Gasteiger partial charge >= 0.3 is 29.8 Å². The number of carbonyl (C=O) groups is 11. The van der Waals surface area contributed by atoms with Gasteiger partial charge in [-0.15, -0.1) is 0 Å². The van der Waals surface area contributed by atoms with Gasteiger partial charge in [-0.1, -0.05) is 0 Å². The molecule has 3 aromatic rings. The first kappa shape index (κ1) is 58.1. The van der Waals surface area contributed by atoms with Crippen LogP contribution >= 0.6 is 12.6 Å². The Labute approximate surface area is 415 Å². The van der Waals surface area contributed by atoms with Crippen molar-refractivity contribution in [2.45, 2.75) is 87.7 Å². The molecule has 33 heteroatoms. The van der Waals surface area contributed by atoms with Crippen LogP contribution in [0.4, 0.5) is 11.6 Å². The lowest BCUT2D eigenvalue weighted by atomic mass is 10.1. The Morgan fingerprint density at radius 2 is 1.18 bits per heavy atom. The van der Waals surface area contributed by atoms with Crippen molar-refractivity contribution in [2.24, 2.45) is 5.73 Å². The average Bonchev–Trinajstić information content (AvgIpc) is 3.30. The van der Waals surface area contributed by atoms with Crippen molar-refractivity contribution in [3.63, 3.8) is 0 Å². The van der Waals surface area contributed by atoms with E-state index in [1.165, 1.54) is 30.5 Å². The summed E-state index contributed by atoms with van der Waals surface area (Å²) in [6, 6.07) is -5.54. The van der Waals surface area contributed by atoms with Crippen molar-refractivity contribution in [1.82, 2.24) is 57.2 Å². The molecular formula is C40H51N15O17S. The monoisotopic (exact) mass is 1050 g/mol. The number of nitrogens with one attached hydrogen (secondary N) is 10. The van der Waals surface area contributed by atoms with Gasteiger partial charge in [0.1, 0.15) is 36.3 Å². The number of nitrogen functional groups attached to an aromatic ring is 1. The summed E-state index contributed by atoms with van der Waals surface area (Å²) < 4.78 is 0. The van der Waals surface area contributed by atoms with E-state index in [2.05, 4.69) is 59.1 Å². The molecular weight excluding hydrogens is 995 g/mol. The number of anilines is 2. The maximum atomic E-state index is 13.7. The quantitative estimate of drug-likeness (QED) is 0.0129. The van der Waals surface area contributed by atoms with Crippen LogP contribution < -0.4 is 59.6 Å². The van der Waals surface area contributed by atoms with E-state index in [9.17, 15) is 83.1 Å². The minimum absolute atomic E-state index is 0.00363. The molecule has 3 rings (SSSR count). The smallest absolute Gasteiger partial charge is 0.327 e. The summed E-state index contributed by atoms with van der Waals surface area (Å²) in [5.41, 5.74) is 11.0. The number of carbonyl (C=O) groups excluding carboxylic acids is 6. The minimum atomic E-state index is -2.10. The summed E-state index contributed by atoms with van der Waals surface area (Å²) in [6.45, 7) is -0.0194. The van der Waals surface area contributed by atoms with Gasteiger partial charge in [-0.2, -0.15) is 17.6 Å². The van der Waals surface area contributed by atoms with Gasteiger partial charge in [-0.25, -0.2) is 19.6 Å². The first-order chi connectivity index (χ1) is 34.4. The molecule has 0 saturated carbocycles. The van der Waals surface area contributed by atoms with Crippen molar-refractivity contribution in [3.05, 3.63) is 52.1 Å². The highest BCUT2D eigenvalue weighted by Gasteiger charge is 2.35. The Balaban J connectivity index is 1.70. The van der Waals surface area contributed by atoms with Crippen molar-refractivity contribution in [2.75, 3.05) is 23.3 Å². The van der Waals surface area contributed by atoms with Crippen LogP contribution in [0.25, 0.3) is 11.2 Å². The molecule has 0 aliphatic rings. The van der Waals surface area contributed by atoms with Crippen LogP contribution in [-0.4, -0.2) is 165 Å². The van der Waals surface area contributed by atoms with Crippen LogP contribution in [0.1, 0.15) is 61.0 Å². The van der Waals surface area contributed by atoms with Gasteiger partial charge < -0.3 is 79.5 Å². The van der Waals surface area contributed by atoms with Gasteiger partial charge in [0.25, 0.3) is 11.5 Å². The standard InChI is InChI=1S/C40H51N15O17S/c41-39(42)44-9-1-2-19(32(64)51-22(11-27(59)60)34(66)52-23(12-28(61)62)35(67)53-24(15-73)38(71)72)49-33(65)21(10-26(57)58)48-25(56)8-7-20(37(69)70)50-31(63)16-3-5-17(6-4-16)45-13-18-14-46-30-29(47-18)36(68)55-40(43)54-30/h3-6,14,19-24,45,73H,1-2,7-13,15H2,(H,48,56)(H,49,65)(H,50,63)(H,51,64)(H,52,66)(H,53,67)(H,57,58)(H,59,60)(H,61,62)(H,69,70)(H,71,72)(H4,41,42,44)(H3,43,46,54,55,68)/t19-,20-,21-,22-,23-,24-/m0/s1. The molecule has 2 aromatic heterocycles. The van der Waals surface area contributed by atoms with Gasteiger partial charge in [-0.3, -0.25) is 58.3 Å². The lowest BCUT2D eigenvalue weighted by Crippen LogP contribution is -2.59. The van der Waals surface area contributed by atoms with Crippen molar-refractivity contribution >= 4 is 107 Å². The minimum Gasteiger partial charge on any atom is -0.481 e. The van der Waals surface area contributed by atoms with Crippen LogP contribution in [0, 0.1) is 5.41 Å². The molecule has 0 spiro atoms. The number of amides is 6. The van der Waals surface area contributed by atoms with Gasteiger partial charge in [0, 0.05) is 30.0 Å². The zero-order valence-electron chi connectivity index (χ0n) is 38.0. The Bertz CT molecular complexity index is 2650. The molecule has 6 atom stereocenters. The second kappa shape index (κ2) is 27.9. The SMILES string of the molecule is N=C(N)NCCC[C@H](NC(=O)[C@H](CC(=O)O)NC(=O)CC[C@H](NC(=O)c1ccc(NCc2cnc3nc(N)[nH]c(=O)c3n2)cc1)C(=O)O)C(=O)N[C@@H](CC(=O)O)C(=O)N[C@@H](CC(=O)O)C(=O)N[C@@H](CS)C(=O)O. The fraction of sp³-hybridized carbons (Fsp3) is 0.400. The number of thiol groups is 1. The normalized spacial score (nSPS) is 13.2. The predicted octanol–water partition coefficient (Wildman–Crippen LogP) is -5.00. The third-order valence-corrected chi connectivity index (χ3v) is 10.2. The van der Waals surface area contributed by atoms with E-state index in [4.69, 9.17) is 16.9 Å². The molecule has 32 nitrogen and oxygen atoms in total. The molecule has 394 valence electrons. The Morgan fingerprint density at radius 1 is 0.671 bits per heavy atom. The number of aromatic amines is 1. The number of aromatic nitrogens is 4. The van der Waals surface area contributed by atoms with Crippen LogP contribution in [0.15, 0.2) is 35.3 Å². The van der Waals surface area contributed by atoms with Crippen LogP contribution in [0.5, 0.6) is 0 Å². The number of carboxylic acid groups (broad SMARTS) is 5. The molecule has 0 unspecified atom stereocenters. The molecule has 1 aromatic carbocycles. The summed E-state index contributed by atoms with van der Waals surface area (Å²) in [6.07, 6.45) is -3.88. The van der Waals surface area contributed by atoms with Crippen LogP contribution in [0.2, 0.25) is 0 Å². The summed E-state index contributed by atoms with van der Waals surface area (Å²) in [5.74, 6) is -16.6. The molecule has 2 heterocycles. The lowest BCUT2D eigenvalue weighted by molar-refractivity contribution is -0.144. The third kappa shape index (κ3) is 19.6. The van der Waals surface area contributed by atoms with Gasteiger partial charge in [-0.05, 0) is 43.5 Å². The number of hydrogen-bond acceptors (Lipinski definition) is 19. The fourth-order valence-corrected chi connectivity index (χ4v) is 6.50. The highest BCUT2D eigenvalue weighted by atomic mass is 32.1. The fourth-order valence-electron chi connectivity index (χ4n) is 6.25. The van der Waals surface area contributed by atoms with Crippen LogP contribution in [-0.2, 0) is 54.5 Å². The number of nitrogens with zero attached hydrogens (tertiary/aromatic N) is 3. The van der Waals surface area contributed by atoms with E-state index in [-0.39, 0.29) is 42.2 Å². The Kier molecular flexibility index (Phi) is 22.2. The largest absolute Gasteiger partial charge is 0.481 e. The molecule has 0 radical (unpaired) electrons. The lowest BCUT2D eigenvalue weighted by Gasteiger charge is -2.26. The van der Waals surface area contributed by atoms with E-state index in [0.717, 1.165) is 0 Å². The number of aliphatic carboxylic acids is 5. The second-order valence-corrected chi connectivity index (χ2v) is 15.8. The number of fused-ring (bicyclic) bond motifs is 1. The number of rotatable bonds is 30. The molecule has 0 fully saturated rings. The molecule has 0 aliphatic carbocycles. The molecule has 6 amide bonds. The molecule has 0 bridgehead atoms. The predicted molar refractivity (Wildman–Crippen MR) is 251 cm³/mol. The molecule has 0 saturated heterocycles. The van der Waals surface area contributed by atoms with Crippen molar-refractivity contribution in [1.29, 1.82) is 5.41 Å². The number of nitrogens with two attached hydrogens (primary N) is 2. The number of guanidine groups is 1. The van der Waals surface area contributed by atoms with Gasteiger partial charge in [0.05, 0.1) is 37.7 Å². The van der Waals surface area contributed by atoms with Crippen LogP contribution in [0.3, 0.4) is 0 Å². The van der Waals surface area contributed by atoms with Crippen molar-refractivity contribution in [3.8, 4) is 0 Å². The van der Waals surface area contributed by atoms with E-state index >= 15 is 0 Å². The van der Waals surface area contributed by atoms with Gasteiger partial charge in [0.2, 0.25) is 35.5 Å². The Hall–Kier alpha value is -9.17. The van der Waals surface area contributed by atoms with E-state index in [1.54, 1.807) is 0 Å². The highest BCUT2D eigenvalue weighted by molar-refractivity contribution is 7.80. The molecule has 73 heavy (non-hydrogen) atoms.